The monoisotopic (exact) mass is 473 g/mol. The van der Waals surface area contributed by atoms with Crippen LogP contribution in [0.2, 0.25) is 0 Å². The molecule has 0 amide bonds. The van der Waals surface area contributed by atoms with E-state index in [9.17, 15) is 14.9 Å². The van der Waals surface area contributed by atoms with Crippen LogP contribution in [0.25, 0.3) is 0 Å². The van der Waals surface area contributed by atoms with Crippen LogP contribution < -0.4 is 10.6 Å². The number of nitrogens with zero attached hydrogens (tertiary/aromatic N) is 2. The summed E-state index contributed by atoms with van der Waals surface area (Å²) in [5.74, 6) is -2.31. The Kier molecular flexibility index (Phi) is 8.69. The smallest absolute Gasteiger partial charge is 0.355 e. The van der Waals surface area contributed by atoms with Crippen molar-refractivity contribution in [3.8, 4) is 6.07 Å². The van der Waals surface area contributed by atoms with Gasteiger partial charge in [0.25, 0.3) is 0 Å². The van der Waals surface area contributed by atoms with Gasteiger partial charge >= 0.3 is 11.9 Å². The Balaban J connectivity index is 2.16. The quantitative estimate of drug-likeness (QED) is 0.415. The van der Waals surface area contributed by atoms with Crippen LogP contribution in [0.5, 0.6) is 0 Å². The molecule has 0 spiro atoms. The second-order valence-electron chi connectivity index (χ2n) is 8.31. The van der Waals surface area contributed by atoms with E-state index in [0.29, 0.717) is 11.3 Å². The largest absolute Gasteiger partial charge is 0.466 e. The van der Waals surface area contributed by atoms with Gasteiger partial charge < -0.3 is 15.2 Å². The first kappa shape index (κ1) is 25.6. The number of aryl methyl sites for hydroxylation is 1. The number of rotatable bonds is 9. The van der Waals surface area contributed by atoms with E-state index in [1.807, 2.05) is 30.3 Å². The molecule has 0 saturated heterocycles. The number of carbonyl (C=O) groups is 2. The van der Waals surface area contributed by atoms with Crippen molar-refractivity contribution in [2.45, 2.75) is 44.9 Å². The number of benzene rings is 2. The summed E-state index contributed by atoms with van der Waals surface area (Å²) in [6, 6.07) is 18.7. The van der Waals surface area contributed by atoms with Gasteiger partial charge in [-0.3, -0.25) is 4.90 Å². The van der Waals surface area contributed by atoms with Gasteiger partial charge in [0.15, 0.2) is 0 Å². The van der Waals surface area contributed by atoms with Gasteiger partial charge in [-0.25, -0.2) is 9.59 Å². The zero-order valence-electron chi connectivity index (χ0n) is 20.4. The molecule has 0 bridgehead atoms. The summed E-state index contributed by atoms with van der Waals surface area (Å²) in [5, 5.41) is 10.1. The molecule has 0 aliphatic carbocycles. The number of ether oxygens (including phenoxy) is 2. The number of allylic oxidation sites excluding steroid dienone is 1. The number of methoxy groups -OCH3 is 2. The van der Waals surface area contributed by atoms with Crippen molar-refractivity contribution in [2.75, 3.05) is 19.1 Å². The maximum absolute atomic E-state index is 13.1. The summed E-state index contributed by atoms with van der Waals surface area (Å²) in [6.45, 7) is 2.18. The Morgan fingerprint density at radius 3 is 2.20 bits per heavy atom. The first-order valence-corrected chi connectivity index (χ1v) is 11.7. The fourth-order valence-corrected chi connectivity index (χ4v) is 4.35. The van der Waals surface area contributed by atoms with Crippen molar-refractivity contribution in [2.24, 2.45) is 5.73 Å². The Hall–Kier alpha value is -4.05. The lowest BCUT2D eigenvalue weighted by Gasteiger charge is -2.35. The molecular formula is C28H31N3O4. The first-order valence-electron chi connectivity index (χ1n) is 11.7. The third-order valence-electron chi connectivity index (χ3n) is 6.12. The highest BCUT2D eigenvalue weighted by Gasteiger charge is 2.42. The standard InChI is InChI=1S/C28H31N3O4/c1-4-5-6-8-11-19-14-16-21(17-15-19)31-25(28(33)35-3)24(27(32)34-2)23(22(18-29)26(31)30)20-12-9-7-10-13-20/h7,9-10,12-17,23H,4-6,8,11,30H2,1-3H3. The molecule has 35 heavy (non-hydrogen) atoms. The van der Waals surface area contributed by atoms with E-state index in [1.165, 1.54) is 38.4 Å². The molecule has 182 valence electrons. The Labute approximate surface area is 206 Å². The molecule has 3 rings (SSSR count). The molecule has 1 unspecified atom stereocenters. The van der Waals surface area contributed by atoms with Crippen LogP contribution in [0, 0.1) is 11.3 Å². The SMILES string of the molecule is CCCCCCc1ccc(N2C(N)=C(C#N)C(c3ccccc3)C(C(=O)OC)=C2C(=O)OC)cc1. The molecule has 1 atom stereocenters. The molecule has 7 heteroatoms. The number of nitrogens with two attached hydrogens (primary N) is 1. The topological polar surface area (TPSA) is 106 Å². The highest BCUT2D eigenvalue weighted by Crippen LogP contribution is 2.43. The fraction of sp³-hybridized carbons (Fsp3) is 0.321. The second kappa shape index (κ2) is 11.9. The summed E-state index contributed by atoms with van der Waals surface area (Å²) >= 11 is 0. The third kappa shape index (κ3) is 5.38. The van der Waals surface area contributed by atoms with Gasteiger partial charge in [0.05, 0.1) is 37.4 Å². The Bertz CT molecular complexity index is 1160. The predicted octanol–water partition coefficient (Wildman–Crippen LogP) is 4.71. The predicted molar refractivity (Wildman–Crippen MR) is 134 cm³/mol. The van der Waals surface area contributed by atoms with E-state index in [2.05, 4.69) is 13.0 Å². The van der Waals surface area contributed by atoms with E-state index in [-0.39, 0.29) is 22.7 Å². The summed E-state index contributed by atoms with van der Waals surface area (Å²) in [7, 11) is 2.47. The van der Waals surface area contributed by atoms with Crippen molar-refractivity contribution in [1.82, 2.24) is 0 Å². The van der Waals surface area contributed by atoms with Crippen molar-refractivity contribution < 1.29 is 19.1 Å². The number of hydrogen-bond acceptors (Lipinski definition) is 7. The van der Waals surface area contributed by atoms with Crippen molar-refractivity contribution in [3.63, 3.8) is 0 Å². The molecule has 0 fully saturated rings. The van der Waals surface area contributed by atoms with Gasteiger partial charge in [-0.2, -0.15) is 5.26 Å². The van der Waals surface area contributed by atoms with Crippen LogP contribution in [0.15, 0.2) is 77.3 Å². The van der Waals surface area contributed by atoms with Crippen LogP contribution >= 0.6 is 0 Å². The molecule has 2 aromatic rings. The number of unbranched alkanes of at least 4 members (excludes halogenated alkanes) is 3. The van der Waals surface area contributed by atoms with E-state index in [4.69, 9.17) is 15.2 Å². The minimum absolute atomic E-state index is 0.0000536. The van der Waals surface area contributed by atoms with E-state index < -0.39 is 17.9 Å². The highest BCUT2D eigenvalue weighted by atomic mass is 16.5. The summed E-state index contributed by atoms with van der Waals surface area (Å²) < 4.78 is 10.1. The molecule has 2 N–H and O–H groups in total. The highest BCUT2D eigenvalue weighted by molar-refractivity contribution is 6.06. The zero-order valence-corrected chi connectivity index (χ0v) is 20.4. The second-order valence-corrected chi connectivity index (χ2v) is 8.31. The molecule has 1 heterocycles. The summed E-state index contributed by atoms with van der Waals surface area (Å²) in [6.07, 6.45) is 5.59. The molecule has 1 aliphatic rings. The summed E-state index contributed by atoms with van der Waals surface area (Å²) in [4.78, 5) is 27.6. The normalized spacial score (nSPS) is 15.6. The number of esters is 2. The van der Waals surface area contributed by atoms with Gasteiger partial charge in [-0.1, -0.05) is 68.7 Å². The molecule has 0 radical (unpaired) electrons. The van der Waals surface area contributed by atoms with Gasteiger partial charge in [0.1, 0.15) is 11.5 Å². The zero-order chi connectivity index (χ0) is 25.4. The van der Waals surface area contributed by atoms with Crippen molar-refractivity contribution in [3.05, 3.63) is 88.4 Å². The van der Waals surface area contributed by atoms with Crippen LogP contribution in [-0.2, 0) is 25.5 Å². The molecule has 0 saturated carbocycles. The van der Waals surface area contributed by atoms with Crippen LogP contribution in [0.1, 0.15) is 49.7 Å². The molecular weight excluding hydrogens is 442 g/mol. The number of hydrogen-bond donors (Lipinski definition) is 1. The average Bonchev–Trinajstić information content (AvgIpc) is 2.90. The minimum Gasteiger partial charge on any atom is -0.466 e. The minimum atomic E-state index is -0.878. The van der Waals surface area contributed by atoms with Gasteiger partial charge in [0, 0.05) is 5.69 Å². The maximum atomic E-state index is 13.1. The molecule has 2 aromatic carbocycles. The van der Waals surface area contributed by atoms with Gasteiger partial charge in [0.2, 0.25) is 0 Å². The lowest BCUT2D eigenvalue weighted by molar-refractivity contribution is -0.139. The fourth-order valence-electron chi connectivity index (χ4n) is 4.35. The molecule has 0 aromatic heterocycles. The van der Waals surface area contributed by atoms with E-state index >= 15 is 0 Å². The van der Waals surface area contributed by atoms with E-state index in [0.717, 1.165) is 18.4 Å². The molecule has 1 aliphatic heterocycles. The van der Waals surface area contributed by atoms with Crippen LogP contribution in [0.4, 0.5) is 5.69 Å². The molecule has 7 nitrogen and oxygen atoms in total. The Morgan fingerprint density at radius 1 is 0.971 bits per heavy atom. The van der Waals surface area contributed by atoms with Gasteiger partial charge in [-0.05, 0) is 36.1 Å². The lowest BCUT2D eigenvalue weighted by atomic mass is 9.81. The third-order valence-corrected chi connectivity index (χ3v) is 6.12. The lowest BCUT2D eigenvalue weighted by Crippen LogP contribution is -2.40. The van der Waals surface area contributed by atoms with Crippen LogP contribution in [-0.4, -0.2) is 26.2 Å². The van der Waals surface area contributed by atoms with Gasteiger partial charge in [-0.15, -0.1) is 0 Å². The number of carbonyl (C=O) groups excluding carboxylic acids is 2. The Morgan fingerprint density at radius 2 is 1.63 bits per heavy atom. The summed E-state index contributed by atoms with van der Waals surface area (Å²) in [5.41, 5.74) is 8.93. The average molecular weight is 474 g/mol. The van der Waals surface area contributed by atoms with E-state index in [1.54, 1.807) is 24.3 Å². The maximum Gasteiger partial charge on any atom is 0.355 e. The number of nitriles is 1. The number of anilines is 1. The van der Waals surface area contributed by atoms with Crippen molar-refractivity contribution >= 4 is 17.6 Å². The first-order chi connectivity index (χ1) is 17.0. The van der Waals surface area contributed by atoms with Crippen molar-refractivity contribution in [1.29, 1.82) is 5.26 Å². The van der Waals surface area contributed by atoms with Crippen LogP contribution in [0.3, 0.4) is 0 Å².